The van der Waals surface area contributed by atoms with Crippen molar-refractivity contribution in [3.05, 3.63) is 109 Å². The van der Waals surface area contributed by atoms with Crippen molar-refractivity contribution in [3.8, 4) is 0 Å². The zero-order valence-electron chi connectivity index (χ0n) is 22.0. The van der Waals surface area contributed by atoms with Gasteiger partial charge in [0.15, 0.2) is 0 Å². The zero-order chi connectivity index (χ0) is 25.4. The van der Waals surface area contributed by atoms with E-state index in [2.05, 4.69) is 100 Å². The normalized spacial score (nSPS) is 14.9. The molecule has 3 aromatic rings. The second-order valence-electron chi connectivity index (χ2n) is 9.24. The Morgan fingerprint density at radius 3 is 2.43 bits per heavy atom. The third-order valence-corrected chi connectivity index (χ3v) is 7.21. The lowest BCUT2D eigenvalue weighted by Gasteiger charge is -2.47. The molecule has 182 valence electrons. The SMILES string of the molecule is C=C/C(=C\N(C)C(C)(/C(=C\C)c1nccc2ccccc12)[C@H](CC)C(=C)CCC)c1ccncc1. The molecule has 1 unspecified atom stereocenters. The number of hydrogen-bond acceptors (Lipinski definition) is 3. The van der Waals surface area contributed by atoms with Crippen LogP contribution in [-0.2, 0) is 0 Å². The quantitative estimate of drug-likeness (QED) is 0.210. The van der Waals surface area contributed by atoms with Crippen molar-refractivity contribution in [2.75, 3.05) is 7.05 Å². The fourth-order valence-corrected chi connectivity index (χ4v) is 5.34. The molecule has 3 heteroatoms. The minimum Gasteiger partial charge on any atom is -0.370 e. The summed E-state index contributed by atoms with van der Waals surface area (Å²) in [5.41, 5.74) is 5.28. The van der Waals surface area contributed by atoms with Crippen molar-refractivity contribution in [1.29, 1.82) is 0 Å². The van der Waals surface area contributed by atoms with Gasteiger partial charge in [0.1, 0.15) is 0 Å². The minimum atomic E-state index is -0.381. The number of aromatic nitrogens is 2. The van der Waals surface area contributed by atoms with Crippen LogP contribution in [0.4, 0.5) is 0 Å². The molecule has 2 atom stereocenters. The molecular weight excluding hydrogens is 426 g/mol. The maximum Gasteiger partial charge on any atom is 0.0760 e. The smallest absolute Gasteiger partial charge is 0.0760 e. The van der Waals surface area contributed by atoms with Gasteiger partial charge in [0.05, 0.1) is 11.2 Å². The van der Waals surface area contributed by atoms with E-state index in [1.54, 1.807) is 0 Å². The summed E-state index contributed by atoms with van der Waals surface area (Å²) in [6.45, 7) is 17.6. The van der Waals surface area contributed by atoms with Gasteiger partial charge in [-0.1, -0.05) is 75.4 Å². The van der Waals surface area contributed by atoms with E-state index in [4.69, 9.17) is 4.98 Å². The maximum absolute atomic E-state index is 4.93. The van der Waals surface area contributed by atoms with Gasteiger partial charge in [-0.15, -0.1) is 0 Å². The highest BCUT2D eigenvalue weighted by atomic mass is 15.2. The Balaban J connectivity index is 2.25. The zero-order valence-corrected chi connectivity index (χ0v) is 22.0. The van der Waals surface area contributed by atoms with Crippen LogP contribution in [-0.4, -0.2) is 27.5 Å². The van der Waals surface area contributed by atoms with E-state index in [0.29, 0.717) is 0 Å². The lowest BCUT2D eigenvalue weighted by atomic mass is 9.70. The van der Waals surface area contributed by atoms with E-state index in [1.165, 1.54) is 21.9 Å². The first-order chi connectivity index (χ1) is 16.9. The van der Waals surface area contributed by atoms with Crippen LogP contribution < -0.4 is 0 Å². The second-order valence-corrected chi connectivity index (χ2v) is 9.24. The van der Waals surface area contributed by atoms with Gasteiger partial charge in [0.25, 0.3) is 0 Å². The van der Waals surface area contributed by atoms with Crippen molar-refractivity contribution >= 4 is 21.9 Å². The average Bonchev–Trinajstić information content (AvgIpc) is 2.88. The van der Waals surface area contributed by atoms with Gasteiger partial charge in [-0.25, -0.2) is 0 Å². The largest absolute Gasteiger partial charge is 0.370 e. The van der Waals surface area contributed by atoms with Crippen LogP contribution in [0.5, 0.6) is 0 Å². The molecule has 0 radical (unpaired) electrons. The fraction of sp³-hybridized carbons (Fsp3) is 0.312. The summed E-state index contributed by atoms with van der Waals surface area (Å²) in [6, 6.07) is 14.6. The van der Waals surface area contributed by atoms with Gasteiger partial charge >= 0.3 is 0 Å². The van der Waals surface area contributed by atoms with Gasteiger partial charge in [-0.3, -0.25) is 9.97 Å². The monoisotopic (exact) mass is 465 g/mol. The van der Waals surface area contributed by atoms with Gasteiger partial charge < -0.3 is 4.90 Å². The number of allylic oxidation sites excluding steroid dienone is 3. The lowest BCUT2D eigenvalue weighted by Crippen LogP contribution is -2.49. The lowest BCUT2D eigenvalue weighted by molar-refractivity contribution is 0.196. The van der Waals surface area contributed by atoms with Crippen LogP contribution in [0.2, 0.25) is 0 Å². The van der Waals surface area contributed by atoms with Gasteiger partial charge in [0, 0.05) is 43.1 Å². The van der Waals surface area contributed by atoms with Crippen LogP contribution in [0.1, 0.15) is 58.2 Å². The average molecular weight is 466 g/mol. The van der Waals surface area contributed by atoms with Crippen LogP contribution >= 0.6 is 0 Å². The number of pyridine rings is 2. The molecule has 2 heterocycles. The van der Waals surface area contributed by atoms with Crippen molar-refractivity contribution in [3.63, 3.8) is 0 Å². The van der Waals surface area contributed by atoms with Crippen molar-refractivity contribution in [2.24, 2.45) is 5.92 Å². The number of hydrogen-bond donors (Lipinski definition) is 0. The molecule has 3 rings (SSSR count). The van der Waals surface area contributed by atoms with E-state index >= 15 is 0 Å². The molecule has 0 N–H and O–H groups in total. The Labute approximate surface area is 211 Å². The number of fused-ring (bicyclic) bond motifs is 1. The number of nitrogens with zero attached hydrogens (tertiary/aromatic N) is 3. The fourth-order valence-electron chi connectivity index (χ4n) is 5.34. The Kier molecular flexibility index (Phi) is 8.81. The van der Waals surface area contributed by atoms with Crippen molar-refractivity contribution in [1.82, 2.24) is 14.9 Å². The Bertz CT molecular complexity index is 1220. The molecule has 0 aliphatic heterocycles. The van der Waals surface area contributed by atoms with Crippen LogP contribution in [0, 0.1) is 5.92 Å². The molecule has 0 saturated carbocycles. The molecule has 0 fully saturated rings. The van der Waals surface area contributed by atoms with E-state index in [0.717, 1.165) is 36.1 Å². The molecule has 0 aliphatic rings. The predicted octanol–water partition coefficient (Wildman–Crippen LogP) is 8.33. The Hall–Kier alpha value is -3.46. The molecule has 2 aromatic heterocycles. The third kappa shape index (κ3) is 5.30. The van der Waals surface area contributed by atoms with Crippen LogP contribution in [0.3, 0.4) is 0 Å². The first-order valence-corrected chi connectivity index (χ1v) is 12.6. The van der Waals surface area contributed by atoms with Gasteiger partial charge in [-0.2, -0.15) is 0 Å². The van der Waals surface area contributed by atoms with Crippen LogP contribution in [0.25, 0.3) is 21.9 Å². The van der Waals surface area contributed by atoms with Gasteiger partial charge in [-0.05, 0) is 67.0 Å². The van der Waals surface area contributed by atoms with Gasteiger partial charge in [0.2, 0.25) is 0 Å². The highest BCUT2D eigenvalue weighted by molar-refractivity contribution is 5.94. The first-order valence-electron chi connectivity index (χ1n) is 12.6. The summed E-state index contributed by atoms with van der Waals surface area (Å²) in [7, 11) is 2.17. The van der Waals surface area contributed by atoms with Crippen molar-refractivity contribution < 1.29 is 0 Å². The Morgan fingerprint density at radius 2 is 1.80 bits per heavy atom. The third-order valence-electron chi connectivity index (χ3n) is 7.21. The highest BCUT2D eigenvalue weighted by Crippen LogP contribution is 2.45. The van der Waals surface area contributed by atoms with E-state index < -0.39 is 0 Å². The number of likely N-dealkylation sites (N-methyl/N-ethyl adjacent to an activating group) is 1. The summed E-state index contributed by atoms with van der Waals surface area (Å²) in [5, 5.41) is 2.36. The molecule has 3 nitrogen and oxygen atoms in total. The summed E-state index contributed by atoms with van der Waals surface area (Å²) < 4.78 is 0. The van der Waals surface area contributed by atoms with E-state index in [-0.39, 0.29) is 11.5 Å². The number of rotatable bonds is 11. The molecule has 0 spiro atoms. The molecule has 1 aromatic carbocycles. The summed E-state index contributed by atoms with van der Waals surface area (Å²) in [6.07, 6.45) is 15.0. The standard InChI is InChI=1S/C32H39N3/c1-8-14-24(5)29(10-3)32(6,35(7)23-25(9-2)26-17-20-33-21-18-26)30(11-4)31-28-16-13-12-15-27(28)19-22-34-31/h9,11-13,15-23,29H,2,5,8,10,14H2,1,3-4,6-7H3/b25-23+,30-11-/t29-,32?/m1/s1. The molecule has 35 heavy (non-hydrogen) atoms. The summed E-state index contributed by atoms with van der Waals surface area (Å²) in [5.74, 6) is 0.235. The highest BCUT2D eigenvalue weighted by Gasteiger charge is 2.42. The maximum atomic E-state index is 4.93. The topological polar surface area (TPSA) is 29.0 Å². The second kappa shape index (κ2) is 11.8. The van der Waals surface area contributed by atoms with E-state index in [1.807, 2.05) is 36.8 Å². The number of benzene rings is 1. The minimum absolute atomic E-state index is 0.235. The summed E-state index contributed by atoms with van der Waals surface area (Å²) in [4.78, 5) is 11.5. The molecular formula is C32H39N3. The summed E-state index contributed by atoms with van der Waals surface area (Å²) >= 11 is 0. The molecule has 0 saturated heterocycles. The van der Waals surface area contributed by atoms with Crippen LogP contribution in [0.15, 0.2) is 98.1 Å². The van der Waals surface area contributed by atoms with E-state index in [9.17, 15) is 0 Å². The van der Waals surface area contributed by atoms with Crippen molar-refractivity contribution in [2.45, 2.75) is 52.5 Å². The first kappa shape index (κ1) is 26.2. The predicted molar refractivity (Wildman–Crippen MR) is 152 cm³/mol. The molecule has 0 aliphatic carbocycles. The molecule has 0 amide bonds. The molecule has 0 bridgehead atoms. The Morgan fingerprint density at radius 1 is 1.09 bits per heavy atom.